The maximum Gasteiger partial charge on any atom is 0.290 e. The average molecular weight is 155 g/mol. The molecule has 0 radical (unpaired) electrons. The Kier molecular flexibility index (Phi) is 6.40. The number of hydrogen-bond acceptors (Lipinski definition) is 2. The van der Waals surface area contributed by atoms with Gasteiger partial charge in [-0.3, -0.25) is 4.79 Å². The lowest BCUT2D eigenvalue weighted by Gasteiger charge is -2.13. The molecule has 11 heavy (non-hydrogen) atoms. The first-order valence-electron chi connectivity index (χ1n) is 3.82. The average Bonchev–Trinajstić information content (AvgIpc) is 2.08. The Morgan fingerprint density at radius 3 is 2.09 bits per heavy atom. The molecular formula is C8H13NO2. The number of nitrogens with zero attached hydrogens (tertiary/aromatic N) is 1. The summed E-state index contributed by atoms with van der Waals surface area (Å²) in [6.45, 7) is -0.250. The predicted octanol–water partition coefficient (Wildman–Crippen LogP) is 1.79. The van der Waals surface area contributed by atoms with E-state index < -0.39 is 0 Å². The van der Waals surface area contributed by atoms with Gasteiger partial charge in [0.15, 0.2) is 0 Å². The van der Waals surface area contributed by atoms with E-state index in [9.17, 15) is 0 Å². The van der Waals surface area contributed by atoms with Gasteiger partial charge in [-0.15, -0.1) is 0 Å². The van der Waals surface area contributed by atoms with Gasteiger partial charge < -0.3 is 5.11 Å². The van der Waals surface area contributed by atoms with E-state index >= 15 is 0 Å². The minimum absolute atomic E-state index is 0.250. The summed E-state index contributed by atoms with van der Waals surface area (Å²) in [5.41, 5.74) is 0. The number of carbonyl (C=O) groups is 1. The highest BCUT2D eigenvalue weighted by atomic mass is 16.3. The Bertz CT molecular complexity index is 134. The van der Waals surface area contributed by atoms with Gasteiger partial charge in [-0.05, 0) is 12.8 Å². The van der Waals surface area contributed by atoms with Crippen LogP contribution in [0, 0.1) is 17.2 Å². The molecule has 0 aromatic rings. The Balaban J connectivity index is 0.000000292. The van der Waals surface area contributed by atoms with Crippen LogP contribution in [-0.4, -0.2) is 11.6 Å². The molecule has 0 saturated heterocycles. The quantitative estimate of drug-likeness (QED) is 0.542. The lowest BCUT2D eigenvalue weighted by Crippen LogP contribution is -2.02. The zero-order valence-electron chi connectivity index (χ0n) is 6.49. The van der Waals surface area contributed by atoms with Crippen LogP contribution >= 0.6 is 0 Å². The van der Waals surface area contributed by atoms with Crippen molar-refractivity contribution >= 4 is 6.47 Å². The van der Waals surface area contributed by atoms with E-state index in [1.165, 1.54) is 19.3 Å². The summed E-state index contributed by atoms with van der Waals surface area (Å²) in [5, 5.41) is 15.3. The molecule has 0 amide bonds. The standard InChI is InChI=1S/C7H11N.CH2O2/c8-6-7-4-2-1-3-5-7;2-1-3/h7H,1-5H2;1H,(H,2,3). The van der Waals surface area contributed by atoms with Gasteiger partial charge in [0, 0.05) is 5.92 Å². The van der Waals surface area contributed by atoms with Crippen LogP contribution in [0.1, 0.15) is 32.1 Å². The van der Waals surface area contributed by atoms with Crippen molar-refractivity contribution in [3.8, 4) is 6.07 Å². The summed E-state index contributed by atoms with van der Waals surface area (Å²) in [7, 11) is 0. The van der Waals surface area contributed by atoms with Gasteiger partial charge >= 0.3 is 0 Å². The summed E-state index contributed by atoms with van der Waals surface area (Å²) in [5.74, 6) is 0.392. The Hall–Kier alpha value is -1.04. The van der Waals surface area contributed by atoms with Crippen LogP contribution in [-0.2, 0) is 4.79 Å². The fourth-order valence-corrected chi connectivity index (χ4v) is 1.23. The fraction of sp³-hybridized carbons (Fsp3) is 0.750. The summed E-state index contributed by atoms with van der Waals surface area (Å²) in [6, 6.07) is 2.30. The van der Waals surface area contributed by atoms with E-state index in [-0.39, 0.29) is 6.47 Å². The third-order valence-electron chi connectivity index (χ3n) is 1.79. The number of rotatable bonds is 0. The minimum atomic E-state index is -0.250. The smallest absolute Gasteiger partial charge is 0.290 e. The van der Waals surface area contributed by atoms with Crippen molar-refractivity contribution < 1.29 is 9.90 Å². The van der Waals surface area contributed by atoms with Gasteiger partial charge in [-0.1, -0.05) is 19.3 Å². The molecule has 1 N–H and O–H groups in total. The normalized spacial score (nSPS) is 17.4. The molecule has 0 aromatic carbocycles. The summed E-state index contributed by atoms with van der Waals surface area (Å²) < 4.78 is 0. The molecule has 3 nitrogen and oxygen atoms in total. The van der Waals surface area contributed by atoms with Crippen molar-refractivity contribution in [2.75, 3.05) is 0 Å². The molecule has 3 heteroatoms. The second kappa shape index (κ2) is 7.07. The molecule has 1 fully saturated rings. The largest absolute Gasteiger partial charge is 0.483 e. The third kappa shape index (κ3) is 5.41. The lowest BCUT2D eigenvalue weighted by molar-refractivity contribution is -0.122. The summed E-state index contributed by atoms with van der Waals surface area (Å²) in [6.07, 6.45) is 6.20. The fourth-order valence-electron chi connectivity index (χ4n) is 1.23. The zero-order valence-corrected chi connectivity index (χ0v) is 6.49. The Labute approximate surface area is 66.6 Å². The molecule has 1 aliphatic rings. The van der Waals surface area contributed by atoms with Gasteiger partial charge in [-0.2, -0.15) is 5.26 Å². The highest BCUT2D eigenvalue weighted by molar-refractivity contribution is 5.32. The van der Waals surface area contributed by atoms with Crippen LogP contribution in [0.15, 0.2) is 0 Å². The molecule has 0 atom stereocenters. The van der Waals surface area contributed by atoms with E-state index in [1.807, 2.05) is 0 Å². The second-order valence-electron chi connectivity index (χ2n) is 2.57. The first kappa shape index (κ1) is 9.96. The van der Waals surface area contributed by atoms with Crippen molar-refractivity contribution in [2.24, 2.45) is 5.92 Å². The SMILES string of the molecule is N#CC1CCCCC1.O=CO. The maximum absolute atomic E-state index is 8.44. The van der Waals surface area contributed by atoms with E-state index in [0.29, 0.717) is 5.92 Å². The second-order valence-corrected chi connectivity index (χ2v) is 2.57. The van der Waals surface area contributed by atoms with Crippen molar-refractivity contribution in [3.05, 3.63) is 0 Å². The maximum atomic E-state index is 8.44. The number of hydrogen-bond donors (Lipinski definition) is 1. The molecule has 0 heterocycles. The van der Waals surface area contributed by atoms with Crippen LogP contribution in [0.4, 0.5) is 0 Å². The van der Waals surface area contributed by atoms with Crippen LogP contribution in [0.25, 0.3) is 0 Å². The van der Waals surface area contributed by atoms with E-state index in [4.69, 9.17) is 15.2 Å². The van der Waals surface area contributed by atoms with Crippen LogP contribution in [0.3, 0.4) is 0 Å². The third-order valence-corrected chi connectivity index (χ3v) is 1.79. The zero-order chi connectivity index (χ0) is 8.53. The highest BCUT2D eigenvalue weighted by Crippen LogP contribution is 2.22. The Morgan fingerprint density at radius 1 is 1.36 bits per heavy atom. The number of nitriles is 1. The van der Waals surface area contributed by atoms with Crippen LogP contribution in [0.5, 0.6) is 0 Å². The first-order chi connectivity index (χ1) is 5.35. The van der Waals surface area contributed by atoms with Gasteiger partial charge in [0.25, 0.3) is 6.47 Å². The van der Waals surface area contributed by atoms with Crippen molar-refractivity contribution in [1.29, 1.82) is 5.26 Å². The monoisotopic (exact) mass is 155 g/mol. The van der Waals surface area contributed by atoms with Gasteiger partial charge in [0.2, 0.25) is 0 Å². The molecule has 1 saturated carbocycles. The molecule has 0 bridgehead atoms. The van der Waals surface area contributed by atoms with E-state index in [0.717, 1.165) is 12.8 Å². The molecule has 1 rings (SSSR count). The molecule has 0 unspecified atom stereocenters. The summed E-state index contributed by atoms with van der Waals surface area (Å²) >= 11 is 0. The van der Waals surface area contributed by atoms with Crippen LogP contribution < -0.4 is 0 Å². The van der Waals surface area contributed by atoms with Crippen molar-refractivity contribution in [2.45, 2.75) is 32.1 Å². The minimum Gasteiger partial charge on any atom is -0.483 e. The number of carboxylic acid groups (broad SMARTS) is 1. The molecule has 1 aliphatic carbocycles. The van der Waals surface area contributed by atoms with E-state index in [1.54, 1.807) is 0 Å². The molecular weight excluding hydrogens is 142 g/mol. The van der Waals surface area contributed by atoms with E-state index in [2.05, 4.69) is 6.07 Å². The van der Waals surface area contributed by atoms with Crippen LogP contribution in [0.2, 0.25) is 0 Å². The molecule has 62 valence electrons. The van der Waals surface area contributed by atoms with Gasteiger partial charge in [0.1, 0.15) is 0 Å². The molecule has 0 aromatic heterocycles. The first-order valence-corrected chi connectivity index (χ1v) is 3.82. The highest BCUT2D eigenvalue weighted by Gasteiger charge is 2.10. The van der Waals surface area contributed by atoms with Gasteiger partial charge in [-0.25, -0.2) is 0 Å². The van der Waals surface area contributed by atoms with Crippen molar-refractivity contribution in [1.82, 2.24) is 0 Å². The Morgan fingerprint density at radius 2 is 1.82 bits per heavy atom. The summed E-state index contributed by atoms with van der Waals surface area (Å²) in [4.78, 5) is 8.36. The lowest BCUT2D eigenvalue weighted by atomic mass is 9.91. The molecule has 0 spiro atoms. The topological polar surface area (TPSA) is 61.1 Å². The van der Waals surface area contributed by atoms with Crippen molar-refractivity contribution in [3.63, 3.8) is 0 Å². The predicted molar refractivity (Wildman–Crippen MR) is 40.9 cm³/mol. The van der Waals surface area contributed by atoms with Gasteiger partial charge in [0.05, 0.1) is 6.07 Å². The molecule has 0 aliphatic heterocycles.